The Kier molecular flexibility index (Phi) is 3.07. The standard InChI is InChI=1S/C20H30O/c1-19-10-4-5-17(19)16-7-6-14-13-15(21-3)8-12-20(14,2)18(16)9-11-19/h8,12-14,16-18H,4-7,9-11H2,1-3H3/t14?,16-,17-,18-,19-,20-/m0/s1. The van der Waals surface area contributed by atoms with Crippen LogP contribution >= 0.6 is 0 Å². The molecule has 6 atom stereocenters. The minimum absolute atomic E-state index is 0.384. The second-order valence-electron chi connectivity index (χ2n) is 8.62. The van der Waals surface area contributed by atoms with Crippen LogP contribution in [0.5, 0.6) is 0 Å². The van der Waals surface area contributed by atoms with Crippen molar-refractivity contribution in [3.63, 3.8) is 0 Å². The van der Waals surface area contributed by atoms with Crippen molar-refractivity contribution in [1.29, 1.82) is 0 Å². The molecule has 0 saturated heterocycles. The van der Waals surface area contributed by atoms with Crippen molar-refractivity contribution in [2.45, 2.75) is 58.8 Å². The molecule has 0 aliphatic heterocycles. The van der Waals surface area contributed by atoms with Gasteiger partial charge >= 0.3 is 0 Å². The van der Waals surface area contributed by atoms with Crippen molar-refractivity contribution < 1.29 is 4.74 Å². The van der Waals surface area contributed by atoms with Crippen LogP contribution < -0.4 is 0 Å². The van der Waals surface area contributed by atoms with E-state index in [-0.39, 0.29) is 0 Å². The van der Waals surface area contributed by atoms with E-state index in [1.54, 1.807) is 7.11 Å². The number of rotatable bonds is 1. The molecule has 4 aliphatic rings. The fourth-order valence-electron chi connectivity index (χ4n) is 6.58. The van der Waals surface area contributed by atoms with Gasteiger partial charge in [-0.15, -0.1) is 0 Å². The van der Waals surface area contributed by atoms with Gasteiger partial charge in [-0.25, -0.2) is 0 Å². The fraction of sp³-hybridized carbons (Fsp3) is 0.800. The molecule has 0 bridgehead atoms. The molecule has 3 fully saturated rings. The summed E-state index contributed by atoms with van der Waals surface area (Å²) in [5.74, 6) is 4.67. The zero-order chi connectivity index (χ0) is 14.7. The van der Waals surface area contributed by atoms with Gasteiger partial charge in [0, 0.05) is 0 Å². The lowest BCUT2D eigenvalue weighted by molar-refractivity contribution is -0.0549. The highest BCUT2D eigenvalue weighted by Gasteiger charge is 2.56. The molecule has 0 aromatic carbocycles. The third-order valence-corrected chi connectivity index (χ3v) is 7.84. The smallest absolute Gasteiger partial charge is 0.114 e. The summed E-state index contributed by atoms with van der Waals surface area (Å²) < 4.78 is 5.48. The summed E-state index contributed by atoms with van der Waals surface area (Å²) >= 11 is 0. The van der Waals surface area contributed by atoms with E-state index in [2.05, 4.69) is 32.1 Å². The second-order valence-corrected chi connectivity index (χ2v) is 8.62. The van der Waals surface area contributed by atoms with Gasteiger partial charge in [-0.3, -0.25) is 0 Å². The molecule has 1 unspecified atom stereocenters. The van der Waals surface area contributed by atoms with Gasteiger partial charge in [0.2, 0.25) is 0 Å². The lowest BCUT2D eigenvalue weighted by atomic mass is 9.47. The summed E-state index contributed by atoms with van der Waals surface area (Å²) in [4.78, 5) is 0. The van der Waals surface area contributed by atoms with E-state index in [0.717, 1.165) is 23.5 Å². The molecule has 0 N–H and O–H groups in total. The zero-order valence-electron chi connectivity index (χ0n) is 13.9. The average molecular weight is 286 g/mol. The first-order valence-electron chi connectivity index (χ1n) is 9.02. The van der Waals surface area contributed by atoms with Gasteiger partial charge in [0.1, 0.15) is 5.76 Å². The van der Waals surface area contributed by atoms with E-state index in [1.165, 1.54) is 44.9 Å². The molecule has 3 saturated carbocycles. The van der Waals surface area contributed by atoms with Gasteiger partial charge in [0.05, 0.1) is 7.11 Å². The molecule has 116 valence electrons. The number of hydrogen-bond donors (Lipinski definition) is 0. The van der Waals surface area contributed by atoms with Gasteiger partial charge in [0.25, 0.3) is 0 Å². The predicted octanol–water partition coefficient (Wildman–Crippen LogP) is 5.34. The van der Waals surface area contributed by atoms with Crippen molar-refractivity contribution in [3.05, 3.63) is 24.0 Å². The molecular weight excluding hydrogens is 256 g/mol. The summed E-state index contributed by atoms with van der Waals surface area (Å²) in [7, 11) is 1.80. The molecule has 21 heavy (non-hydrogen) atoms. The molecule has 4 rings (SSSR count). The third kappa shape index (κ3) is 1.88. The van der Waals surface area contributed by atoms with Crippen molar-refractivity contribution in [1.82, 2.24) is 0 Å². The van der Waals surface area contributed by atoms with Gasteiger partial charge < -0.3 is 4.74 Å². The Labute approximate surface area is 129 Å². The van der Waals surface area contributed by atoms with Crippen LogP contribution in [0, 0.1) is 34.5 Å². The summed E-state index contributed by atoms with van der Waals surface area (Å²) in [6.45, 7) is 5.13. The number of methoxy groups -OCH3 is 1. The Balaban J connectivity index is 1.65. The predicted molar refractivity (Wildman–Crippen MR) is 86.7 cm³/mol. The van der Waals surface area contributed by atoms with Crippen LogP contribution in [0.2, 0.25) is 0 Å². The maximum Gasteiger partial charge on any atom is 0.114 e. The summed E-state index contributed by atoms with van der Waals surface area (Å²) in [6, 6.07) is 0. The molecule has 1 nitrogen and oxygen atoms in total. The Hall–Kier alpha value is -0.720. The van der Waals surface area contributed by atoms with Gasteiger partial charge in [-0.05, 0) is 85.2 Å². The fourth-order valence-corrected chi connectivity index (χ4v) is 6.58. The van der Waals surface area contributed by atoms with Crippen LogP contribution in [0.25, 0.3) is 0 Å². The van der Waals surface area contributed by atoms with Crippen LogP contribution in [0.4, 0.5) is 0 Å². The molecule has 1 heteroatoms. The van der Waals surface area contributed by atoms with E-state index in [1.807, 2.05) is 0 Å². The topological polar surface area (TPSA) is 9.23 Å². The average Bonchev–Trinajstić information content (AvgIpc) is 2.88. The minimum atomic E-state index is 0.384. The molecule has 0 aromatic rings. The largest absolute Gasteiger partial charge is 0.497 e. The van der Waals surface area contributed by atoms with E-state index < -0.39 is 0 Å². The maximum atomic E-state index is 5.48. The van der Waals surface area contributed by atoms with Gasteiger partial charge in [-0.2, -0.15) is 0 Å². The van der Waals surface area contributed by atoms with Crippen LogP contribution in [-0.2, 0) is 4.74 Å². The van der Waals surface area contributed by atoms with E-state index >= 15 is 0 Å². The Morgan fingerprint density at radius 1 is 1.05 bits per heavy atom. The number of ether oxygens (including phenoxy) is 1. The quantitative estimate of drug-likeness (QED) is 0.632. The van der Waals surface area contributed by atoms with E-state index in [9.17, 15) is 0 Å². The zero-order valence-corrected chi connectivity index (χ0v) is 13.9. The SMILES string of the molecule is COC1=CC2CC[C@H]3[C@@H]4CCC[C@@]4(C)CC[C@@H]3[C@@]2(C)C=C1. The molecule has 0 aromatic heterocycles. The van der Waals surface area contributed by atoms with Crippen LogP contribution in [0.1, 0.15) is 58.8 Å². The molecule has 4 aliphatic carbocycles. The maximum absolute atomic E-state index is 5.48. The van der Waals surface area contributed by atoms with Gasteiger partial charge in [-0.1, -0.05) is 26.3 Å². The van der Waals surface area contributed by atoms with Crippen LogP contribution in [-0.4, -0.2) is 7.11 Å². The number of allylic oxidation sites excluding steroid dienone is 3. The molecule has 0 heterocycles. The van der Waals surface area contributed by atoms with Crippen molar-refractivity contribution in [2.24, 2.45) is 34.5 Å². The first kappa shape index (κ1) is 13.9. The Morgan fingerprint density at radius 2 is 1.90 bits per heavy atom. The summed E-state index contributed by atoms with van der Waals surface area (Å²) in [5.41, 5.74) is 1.06. The lowest BCUT2D eigenvalue weighted by Gasteiger charge is -2.57. The van der Waals surface area contributed by atoms with Crippen LogP contribution in [0.3, 0.4) is 0 Å². The molecule has 0 spiro atoms. The summed E-state index contributed by atoms with van der Waals surface area (Å²) in [6.07, 6.45) is 17.4. The molecule has 0 radical (unpaired) electrons. The van der Waals surface area contributed by atoms with E-state index in [0.29, 0.717) is 16.7 Å². The Bertz CT molecular complexity index is 490. The second kappa shape index (κ2) is 4.64. The van der Waals surface area contributed by atoms with Crippen molar-refractivity contribution >= 4 is 0 Å². The minimum Gasteiger partial charge on any atom is -0.497 e. The number of hydrogen-bond acceptors (Lipinski definition) is 1. The Morgan fingerprint density at radius 3 is 2.71 bits per heavy atom. The highest BCUT2D eigenvalue weighted by atomic mass is 16.5. The first-order valence-corrected chi connectivity index (χ1v) is 9.02. The normalized spacial score (nSPS) is 51.7. The highest BCUT2D eigenvalue weighted by Crippen LogP contribution is 2.64. The van der Waals surface area contributed by atoms with Gasteiger partial charge in [0.15, 0.2) is 0 Å². The highest BCUT2D eigenvalue weighted by molar-refractivity contribution is 5.27. The monoisotopic (exact) mass is 286 g/mol. The molecule has 0 amide bonds. The van der Waals surface area contributed by atoms with Crippen LogP contribution in [0.15, 0.2) is 24.0 Å². The first-order chi connectivity index (χ1) is 10.1. The lowest BCUT2D eigenvalue weighted by Crippen LogP contribution is -2.50. The number of fused-ring (bicyclic) bond motifs is 5. The third-order valence-electron chi connectivity index (χ3n) is 7.84. The molecular formula is C20H30O. The summed E-state index contributed by atoms with van der Waals surface area (Å²) in [5, 5.41) is 0. The van der Waals surface area contributed by atoms with Crippen molar-refractivity contribution in [3.8, 4) is 0 Å². The van der Waals surface area contributed by atoms with Crippen molar-refractivity contribution in [2.75, 3.05) is 7.11 Å². The van der Waals surface area contributed by atoms with E-state index in [4.69, 9.17) is 4.74 Å².